The Hall–Kier alpha value is -1.65. The maximum Gasteiger partial charge on any atom is 0.225 e. The van der Waals surface area contributed by atoms with Crippen LogP contribution in [0.15, 0.2) is 36.5 Å². The number of halogens is 2. The van der Waals surface area contributed by atoms with Gasteiger partial charge in [-0.3, -0.25) is 0 Å². The molecule has 0 saturated heterocycles. The summed E-state index contributed by atoms with van der Waals surface area (Å²) in [6.45, 7) is 0. The standard InChI is InChI=1S/C11H6Cl2N4/c12-9-8-6-17(7-4-2-1-3-5-7)16-10(8)15-11(13)14-9/h1-6H. The average Bonchev–Trinajstić information content (AvgIpc) is 2.74. The SMILES string of the molecule is Clc1nc(Cl)c2cn(-c3ccccc3)nc2n1. The second-order valence-corrected chi connectivity index (χ2v) is 4.13. The third-order valence-corrected chi connectivity index (χ3v) is 2.78. The van der Waals surface area contributed by atoms with Crippen LogP contribution in [-0.4, -0.2) is 19.7 Å². The van der Waals surface area contributed by atoms with Crippen LogP contribution in [0.3, 0.4) is 0 Å². The highest BCUT2D eigenvalue weighted by Crippen LogP contribution is 2.22. The monoisotopic (exact) mass is 264 g/mol. The number of hydrogen-bond acceptors (Lipinski definition) is 3. The summed E-state index contributed by atoms with van der Waals surface area (Å²) in [4.78, 5) is 7.90. The van der Waals surface area contributed by atoms with E-state index in [1.807, 2.05) is 30.3 Å². The van der Waals surface area contributed by atoms with Gasteiger partial charge in [-0.2, -0.15) is 4.98 Å². The van der Waals surface area contributed by atoms with Gasteiger partial charge in [0.05, 0.1) is 11.1 Å². The zero-order valence-electron chi connectivity index (χ0n) is 8.51. The number of fused-ring (bicyclic) bond motifs is 1. The number of para-hydroxylation sites is 1. The van der Waals surface area contributed by atoms with Crippen LogP contribution >= 0.6 is 23.2 Å². The van der Waals surface area contributed by atoms with Gasteiger partial charge in [0.25, 0.3) is 0 Å². The quantitative estimate of drug-likeness (QED) is 0.501. The zero-order valence-corrected chi connectivity index (χ0v) is 10.0. The molecule has 0 aliphatic rings. The van der Waals surface area contributed by atoms with Crippen LogP contribution in [0.2, 0.25) is 10.4 Å². The van der Waals surface area contributed by atoms with Gasteiger partial charge in [-0.15, -0.1) is 5.10 Å². The lowest BCUT2D eigenvalue weighted by molar-refractivity contribution is 0.889. The lowest BCUT2D eigenvalue weighted by atomic mass is 10.3. The van der Waals surface area contributed by atoms with Crippen LogP contribution in [0, 0.1) is 0 Å². The third kappa shape index (κ3) is 1.85. The van der Waals surface area contributed by atoms with Crippen LogP contribution in [0.25, 0.3) is 16.7 Å². The molecular weight excluding hydrogens is 259 g/mol. The van der Waals surface area contributed by atoms with E-state index in [1.165, 1.54) is 0 Å². The first-order chi connectivity index (χ1) is 8.24. The van der Waals surface area contributed by atoms with Gasteiger partial charge in [0.1, 0.15) is 5.15 Å². The molecule has 0 aliphatic heterocycles. The molecular formula is C11H6Cl2N4. The first-order valence-electron chi connectivity index (χ1n) is 4.88. The topological polar surface area (TPSA) is 43.6 Å². The van der Waals surface area contributed by atoms with Crippen molar-refractivity contribution in [2.24, 2.45) is 0 Å². The number of aromatic nitrogens is 4. The molecule has 0 bridgehead atoms. The minimum Gasteiger partial charge on any atom is -0.238 e. The van der Waals surface area contributed by atoms with E-state index in [4.69, 9.17) is 23.2 Å². The number of hydrogen-bond donors (Lipinski definition) is 0. The summed E-state index contributed by atoms with van der Waals surface area (Å²) >= 11 is 11.7. The molecule has 1 aromatic carbocycles. The molecule has 2 heterocycles. The van der Waals surface area contributed by atoms with Crippen molar-refractivity contribution in [3.63, 3.8) is 0 Å². The van der Waals surface area contributed by atoms with E-state index in [-0.39, 0.29) is 5.28 Å². The highest BCUT2D eigenvalue weighted by atomic mass is 35.5. The van der Waals surface area contributed by atoms with Gasteiger partial charge in [0, 0.05) is 6.20 Å². The van der Waals surface area contributed by atoms with Crippen molar-refractivity contribution in [2.75, 3.05) is 0 Å². The van der Waals surface area contributed by atoms with E-state index in [9.17, 15) is 0 Å². The van der Waals surface area contributed by atoms with Crippen molar-refractivity contribution in [1.82, 2.24) is 19.7 Å². The van der Waals surface area contributed by atoms with Gasteiger partial charge in [-0.25, -0.2) is 9.67 Å². The smallest absolute Gasteiger partial charge is 0.225 e. The fourth-order valence-electron chi connectivity index (χ4n) is 1.56. The van der Waals surface area contributed by atoms with Crippen LogP contribution in [0.1, 0.15) is 0 Å². The minimum absolute atomic E-state index is 0.0980. The molecule has 0 aliphatic carbocycles. The second kappa shape index (κ2) is 3.98. The normalized spacial score (nSPS) is 10.9. The molecule has 3 rings (SSSR count). The molecule has 2 aromatic heterocycles. The van der Waals surface area contributed by atoms with E-state index in [0.29, 0.717) is 16.2 Å². The summed E-state index contributed by atoms with van der Waals surface area (Å²) in [5.74, 6) is 0. The minimum atomic E-state index is 0.0980. The maximum absolute atomic E-state index is 5.97. The largest absolute Gasteiger partial charge is 0.238 e. The first-order valence-corrected chi connectivity index (χ1v) is 5.63. The Kier molecular flexibility index (Phi) is 2.46. The van der Waals surface area contributed by atoms with E-state index in [1.54, 1.807) is 10.9 Å². The van der Waals surface area contributed by atoms with Gasteiger partial charge in [-0.1, -0.05) is 29.8 Å². The van der Waals surface area contributed by atoms with Crippen molar-refractivity contribution in [2.45, 2.75) is 0 Å². The van der Waals surface area contributed by atoms with Crippen molar-refractivity contribution in [3.8, 4) is 5.69 Å². The van der Waals surface area contributed by atoms with E-state index in [0.717, 1.165) is 5.69 Å². The molecule has 84 valence electrons. The lowest BCUT2D eigenvalue weighted by Gasteiger charge is -1.97. The maximum atomic E-state index is 5.97. The second-order valence-electron chi connectivity index (χ2n) is 3.43. The summed E-state index contributed by atoms with van der Waals surface area (Å²) < 4.78 is 1.70. The summed E-state index contributed by atoms with van der Waals surface area (Å²) in [7, 11) is 0. The Bertz CT molecular complexity index is 679. The molecule has 0 saturated carbocycles. The van der Waals surface area contributed by atoms with Crippen LogP contribution < -0.4 is 0 Å². The average molecular weight is 265 g/mol. The van der Waals surface area contributed by atoms with Gasteiger partial charge in [0.2, 0.25) is 5.28 Å². The fraction of sp³-hybridized carbons (Fsp3) is 0. The number of nitrogens with zero attached hydrogens (tertiary/aromatic N) is 4. The Morgan fingerprint density at radius 1 is 1.00 bits per heavy atom. The highest BCUT2D eigenvalue weighted by Gasteiger charge is 2.09. The van der Waals surface area contributed by atoms with Gasteiger partial charge in [0.15, 0.2) is 5.65 Å². The molecule has 0 unspecified atom stereocenters. The summed E-state index contributed by atoms with van der Waals surface area (Å²) in [6.07, 6.45) is 1.78. The predicted molar refractivity (Wildman–Crippen MR) is 66.7 cm³/mol. The van der Waals surface area contributed by atoms with Crippen LogP contribution in [-0.2, 0) is 0 Å². The highest BCUT2D eigenvalue weighted by molar-refractivity contribution is 6.35. The molecule has 3 aromatic rings. The van der Waals surface area contributed by atoms with E-state index >= 15 is 0 Å². The van der Waals surface area contributed by atoms with Gasteiger partial charge >= 0.3 is 0 Å². The summed E-state index contributed by atoms with van der Waals surface area (Å²) in [6, 6.07) is 9.68. The predicted octanol–water partition coefficient (Wildman–Crippen LogP) is 3.12. The van der Waals surface area contributed by atoms with Gasteiger partial charge in [-0.05, 0) is 23.7 Å². The molecule has 0 fully saturated rings. The van der Waals surface area contributed by atoms with E-state index < -0.39 is 0 Å². The summed E-state index contributed by atoms with van der Waals surface area (Å²) in [5.41, 5.74) is 1.41. The number of rotatable bonds is 1. The molecule has 6 heteroatoms. The fourth-order valence-corrected chi connectivity index (χ4v) is 1.98. The Labute approximate surface area is 107 Å². The molecule has 4 nitrogen and oxygen atoms in total. The molecule has 0 radical (unpaired) electrons. The van der Waals surface area contributed by atoms with Crippen LogP contribution in [0.4, 0.5) is 0 Å². The van der Waals surface area contributed by atoms with Crippen LogP contribution in [0.5, 0.6) is 0 Å². The zero-order chi connectivity index (χ0) is 11.8. The van der Waals surface area contributed by atoms with Gasteiger partial charge < -0.3 is 0 Å². The lowest BCUT2D eigenvalue weighted by Crippen LogP contribution is -1.93. The first kappa shape index (κ1) is 10.5. The Morgan fingerprint density at radius 3 is 2.53 bits per heavy atom. The van der Waals surface area contributed by atoms with Crippen molar-refractivity contribution >= 4 is 34.2 Å². The molecule has 0 N–H and O–H groups in total. The molecule has 0 spiro atoms. The molecule has 0 atom stereocenters. The van der Waals surface area contributed by atoms with Crippen molar-refractivity contribution in [3.05, 3.63) is 47.0 Å². The van der Waals surface area contributed by atoms with Crippen molar-refractivity contribution < 1.29 is 0 Å². The van der Waals surface area contributed by atoms with E-state index in [2.05, 4.69) is 15.1 Å². The molecule has 0 amide bonds. The number of benzene rings is 1. The van der Waals surface area contributed by atoms with Crippen molar-refractivity contribution in [1.29, 1.82) is 0 Å². The Morgan fingerprint density at radius 2 is 1.76 bits per heavy atom. The Balaban J connectivity index is 2.24. The summed E-state index contributed by atoms with van der Waals surface area (Å²) in [5, 5.41) is 5.39. The molecule has 17 heavy (non-hydrogen) atoms. The third-order valence-electron chi connectivity index (χ3n) is 2.33.